The third-order valence-corrected chi connectivity index (χ3v) is 5.20. The molecule has 0 aliphatic carbocycles. The normalized spacial score (nSPS) is 14.3. The first-order valence-electron chi connectivity index (χ1n) is 7.57. The number of hydrogen-bond acceptors (Lipinski definition) is 3. The third kappa shape index (κ3) is 3.42. The molecule has 2 nitrogen and oxygen atoms in total. The first-order chi connectivity index (χ1) is 10.3. The molecule has 0 spiro atoms. The summed E-state index contributed by atoms with van der Waals surface area (Å²) in [6, 6.07) is 8.52. The molecule has 0 bridgehead atoms. The Morgan fingerprint density at radius 3 is 3.10 bits per heavy atom. The number of benzene rings is 1. The molecule has 0 amide bonds. The largest absolute Gasteiger partial charge is 0.366 e. The molecular weight excluding hydrogens is 300 g/mol. The zero-order valence-electron chi connectivity index (χ0n) is 12.4. The van der Waals surface area contributed by atoms with Crippen LogP contribution in [0.5, 0.6) is 0 Å². The van der Waals surface area contributed by atoms with E-state index in [9.17, 15) is 0 Å². The zero-order chi connectivity index (χ0) is 14.7. The predicted octanol–water partition coefficient (Wildman–Crippen LogP) is 4.46. The Bertz CT molecular complexity index is 609. The highest BCUT2D eigenvalue weighted by molar-refractivity contribution is 7.10. The van der Waals surface area contributed by atoms with Gasteiger partial charge in [-0.25, -0.2) is 0 Å². The van der Waals surface area contributed by atoms with Gasteiger partial charge in [0.25, 0.3) is 0 Å². The van der Waals surface area contributed by atoms with E-state index in [0.29, 0.717) is 0 Å². The Morgan fingerprint density at radius 2 is 2.24 bits per heavy atom. The average Bonchev–Trinajstić information content (AvgIpc) is 2.96. The second-order valence-corrected chi connectivity index (χ2v) is 6.93. The van der Waals surface area contributed by atoms with Gasteiger partial charge in [0.05, 0.1) is 0 Å². The van der Waals surface area contributed by atoms with Gasteiger partial charge in [0.1, 0.15) is 0 Å². The Balaban J connectivity index is 1.82. The fraction of sp³-hybridized carbons (Fsp3) is 0.412. The summed E-state index contributed by atoms with van der Waals surface area (Å²) in [6.45, 7) is 6.23. The van der Waals surface area contributed by atoms with Crippen LogP contribution in [0.25, 0.3) is 0 Å². The lowest BCUT2D eigenvalue weighted by molar-refractivity contribution is 0.668. The van der Waals surface area contributed by atoms with Gasteiger partial charge in [-0.1, -0.05) is 24.6 Å². The van der Waals surface area contributed by atoms with Gasteiger partial charge in [-0.3, -0.25) is 0 Å². The van der Waals surface area contributed by atoms with Crippen LogP contribution in [0.2, 0.25) is 5.02 Å². The lowest BCUT2D eigenvalue weighted by Gasteiger charge is -2.31. The van der Waals surface area contributed by atoms with E-state index in [0.717, 1.165) is 44.0 Å². The van der Waals surface area contributed by atoms with Crippen molar-refractivity contribution in [1.29, 1.82) is 0 Å². The van der Waals surface area contributed by atoms with E-state index in [-0.39, 0.29) is 0 Å². The summed E-state index contributed by atoms with van der Waals surface area (Å²) in [6.07, 6.45) is 2.30. The van der Waals surface area contributed by atoms with Crippen LogP contribution < -0.4 is 10.2 Å². The van der Waals surface area contributed by atoms with E-state index < -0.39 is 0 Å². The van der Waals surface area contributed by atoms with Gasteiger partial charge < -0.3 is 10.2 Å². The molecule has 4 heteroatoms. The molecule has 1 aromatic heterocycles. The topological polar surface area (TPSA) is 15.3 Å². The summed E-state index contributed by atoms with van der Waals surface area (Å²) in [7, 11) is 0. The van der Waals surface area contributed by atoms with Crippen LogP contribution in [0.3, 0.4) is 0 Å². The lowest BCUT2D eigenvalue weighted by atomic mass is 10.1. The standard InChI is InChI=1S/C17H21ClN2S/c1-2-7-19-11-13-3-4-15(18)10-16(13)20-8-5-17-14(12-20)6-9-21-17/h3-4,6,9-10,19H,2,5,7-8,11-12H2,1H3. The Kier molecular flexibility index (Phi) is 4.84. The van der Waals surface area contributed by atoms with E-state index in [1.165, 1.54) is 16.8 Å². The number of fused-ring (bicyclic) bond motifs is 1. The molecule has 0 radical (unpaired) electrons. The highest BCUT2D eigenvalue weighted by Crippen LogP contribution is 2.31. The molecule has 0 atom stereocenters. The molecule has 1 aliphatic rings. The van der Waals surface area contributed by atoms with E-state index in [1.807, 2.05) is 17.4 Å². The van der Waals surface area contributed by atoms with Crippen LogP contribution >= 0.6 is 22.9 Å². The van der Waals surface area contributed by atoms with Crippen LogP contribution in [0.1, 0.15) is 29.3 Å². The number of rotatable bonds is 5. The molecule has 2 aromatic rings. The van der Waals surface area contributed by atoms with Gasteiger partial charge in [-0.15, -0.1) is 11.3 Å². The highest BCUT2D eigenvalue weighted by atomic mass is 35.5. The minimum Gasteiger partial charge on any atom is -0.366 e. The van der Waals surface area contributed by atoms with Crippen LogP contribution in [-0.4, -0.2) is 13.1 Å². The summed E-state index contributed by atoms with van der Waals surface area (Å²) in [5, 5.41) is 6.52. The van der Waals surface area contributed by atoms with Crippen LogP contribution in [0.15, 0.2) is 29.6 Å². The predicted molar refractivity (Wildman–Crippen MR) is 92.5 cm³/mol. The van der Waals surface area contributed by atoms with Crippen molar-refractivity contribution in [1.82, 2.24) is 5.32 Å². The maximum absolute atomic E-state index is 6.23. The smallest absolute Gasteiger partial charge is 0.0440 e. The van der Waals surface area contributed by atoms with Crippen molar-refractivity contribution in [3.63, 3.8) is 0 Å². The Hall–Kier alpha value is -1.03. The first-order valence-corrected chi connectivity index (χ1v) is 8.83. The van der Waals surface area contributed by atoms with Crippen LogP contribution in [0.4, 0.5) is 5.69 Å². The van der Waals surface area contributed by atoms with E-state index in [2.05, 4.69) is 40.7 Å². The number of halogens is 1. The van der Waals surface area contributed by atoms with Crippen molar-refractivity contribution in [2.75, 3.05) is 18.0 Å². The summed E-state index contributed by atoms with van der Waals surface area (Å²) < 4.78 is 0. The van der Waals surface area contributed by atoms with Crippen molar-refractivity contribution in [3.8, 4) is 0 Å². The van der Waals surface area contributed by atoms with Crippen LogP contribution in [0, 0.1) is 0 Å². The average molecular weight is 321 g/mol. The zero-order valence-corrected chi connectivity index (χ0v) is 13.9. The minimum atomic E-state index is 0.820. The van der Waals surface area contributed by atoms with Gasteiger partial charge in [0, 0.05) is 35.2 Å². The SMILES string of the molecule is CCCNCc1ccc(Cl)cc1N1CCc2sccc2C1. The molecule has 0 fully saturated rings. The molecular formula is C17H21ClN2S. The van der Waals surface area contributed by atoms with Gasteiger partial charge in [-0.05, 0) is 54.1 Å². The van der Waals surface area contributed by atoms with Crippen LogP contribution in [-0.2, 0) is 19.5 Å². The first kappa shape index (κ1) is 14.9. The van der Waals surface area contributed by atoms with E-state index in [1.54, 1.807) is 4.88 Å². The number of thiophene rings is 1. The molecule has 0 saturated heterocycles. The fourth-order valence-corrected chi connectivity index (χ4v) is 3.89. The van der Waals surface area contributed by atoms with Crippen molar-refractivity contribution in [3.05, 3.63) is 50.7 Å². The van der Waals surface area contributed by atoms with Crippen molar-refractivity contribution < 1.29 is 0 Å². The van der Waals surface area contributed by atoms with Gasteiger partial charge >= 0.3 is 0 Å². The molecule has 1 aliphatic heterocycles. The molecule has 21 heavy (non-hydrogen) atoms. The van der Waals surface area contributed by atoms with E-state index >= 15 is 0 Å². The molecule has 112 valence electrons. The number of anilines is 1. The van der Waals surface area contributed by atoms with Crippen molar-refractivity contribution in [2.45, 2.75) is 32.9 Å². The van der Waals surface area contributed by atoms with Gasteiger partial charge in [0.2, 0.25) is 0 Å². The Labute approximate surface area is 135 Å². The summed E-state index contributed by atoms with van der Waals surface area (Å²) >= 11 is 8.11. The maximum atomic E-state index is 6.23. The fourth-order valence-electron chi connectivity index (χ4n) is 2.83. The molecule has 1 aromatic carbocycles. The van der Waals surface area contributed by atoms with E-state index in [4.69, 9.17) is 11.6 Å². The highest BCUT2D eigenvalue weighted by Gasteiger charge is 2.19. The van der Waals surface area contributed by atoms with Crippen molar-refractivity contribution in [2.24, 2.45) is 0 Å². The molecule has 3 rings (SSSR count). The Morgan fingerprint density at radius 1 is 1.33 bits per heavy atom. The van der Waals surface area contributed by atoms with Gasteiger partial charge in [-0.2, -0.15) is 0 Å². The number of hydrogen-bond donors (Lipinski definition) is 1. The van der Waals surface area contributed by atoms with Gasteiger partial charge in [0.15, 0.2) is 0 Å². The molecule has 1 N–H and O–H groups in total. The monoisotopic (exact) mass is 320 g/mol. The second-order valence-electron chi connectivity index (χ2n) is 5.49. The summed E-state index contributed by atoms with van der Waals surface area (Å²) in [5.41, 5.74) is 4.09. The minimum absolute atomic E-state index is 0.820. The quantitative estimate of drug-likeness (QED) is 0.818. The third-order valence-electron chi connectivity index (χ3n) is 3.94. The lowest BCUT2D eigenvalue weighted by Crippen LogP contribution is -2.30. The summed E-state index contributed by atoms with van der Waals surface area (Å²) in [5.74, 6) is 0. The molecule has 0 saturated carbocycles. The van der Waals surface area contributed by atoms with Crippen molar-refractivity contribution >= 4 is 28.6 Å². The summed E-state index contributed by atoms with van der Waals surface area (Å²) in [4.78, 5) is 4.00. The molecule has 2 heterocycles. The number of nitrogens with zero attached hydrogens (tertiary/aromatic N) is 1. The number of nitrogens with one attached hydrogen (secondary N) is 1. The maximum Gasteiger partial charge on any atom is 0.0440 e. The second kappa shape index (κ2) is 6.82. The molecule has 0 unspecified atom stereocenters.